The van der Waals surface area contributed by atoms with E-state index in [1.807, 2.05) is 12.1 Å². The number of hydrogen-bond donors (Lipinski definition) is 0. The maximum atomic E-state index is 12.9. The lowest BCUT2D eigenvalue weighted by Gasteiger charge is -2.27. The van der Waals surface area contributed by atoms with Gasteiger partial charge in [0.1, 0.15) is 6.61 Å². The van der Waals surface area contributed by atoms with Crippen LogP contribution in [-0.2, 0) is 20.9 Å². The van der Waals surface area contributed by atoms with E-state index in [0.29, 0.717) is 53.7 Å². The molecule has 0 aromatic heterocycles. The molecule has 2 aromatic rings. The number of carbonyl (C=O) groups excluding carboxylic acids is 2. The number of fused-ring (bicyclic) bond motifs is 1. The van der Waals surface area contributed by atoms with Crippen LogP contribution in [0.3, 0.4) is 0 Å². The highest BCUT2D eigenvalue weighted by molar-refractivity contribution is 5.97. The Balaban J connectivity index is 1.53. The van der Waals surface area contributed by atoms with Gasteiger partial charge in [0, 0.05) is 24.0 Å². The van der Waals surface area contributed by atoms with Crippen molar-refractivity contribution in [3.05, 3.63) is 41.5 Å². The maximum Gasteiger partial charge on any atom is 0.350 e. The lowest BCUT2D eigenvalue weighted by atomic mass is 9.86. The van der Waals surface area contributed by atoms with E-state index in [1.165, 1.54) is 13.5 Å². The third-order valence-electron chi connectivity index (χ3n) is 6.58. The first-order chi connectivity index (χ1) is 15.6. The number of benzene rings is 2. The molecule has 32 heavy (non-hydrogen) atoms. The second-order valence-electron chi connectivity index (χ2n) is 8.58. The minimum absolute atomic E-state index is 0.187. The van der Waals surface area contributed by atoms with Crippen molar-refractivity contribution >= 4 is 11.9 Å². The van der Waals surface area contributed by atoms with Crippen LogP contribution in [0, 0.1) is 5.92 Å². The van der Waals surface area contributed by atoms with Crippen molar-refractivity contribution in [2.45, 2.75) is 44.3 Å². The highest BCUT2D eigenvalue weighted by atomic mass is 16.6. The lowest BCUT2D eigenvalue weighted by Crippen LogP contribution is -2.34. The Bertz CT molecular complexity index is 1070. The van der Waals surface area contributed by atoms with Crippen molar-refractivity contribution in [3.8, 4) is 28.4 Å². The molecule has 3 aliphatic rings. The Labute approximate surface area is 186 Å². The molecule has 1 aliphatic heterocycles. The third-order valence-corrected chi connectivity index (χ3v) is 6.58. The first-order valence-electron chi connectivity index (χ1n) is 11.0. The van der Waals surface area contributed by atoms with E-state index >= 15 is 0 Å². The second-order valence-corrected chi connectivity index (χ2v) is 8.58. The summed E-state index contributed by atoms with van der Waals surface area (Å²) in [5.41, 5.74) is 1.79. The van der Waals surface area contributed by atoms with Gasteiger partial charge in [-0.25, -0.2) is 9.59 Å². The molecule has 0 spiro atoms. The van der Waals surface area contributed by atoms with Crippen LogP contribution in [0.2, 0.25) is 0 Å². The van der Waals surface area contributed by atoms with Gasteiger partial charge in [0.2, 0.25) is 11.4 Å². The lowest BCUT2D eigenvalue weighted by molar-refractivity contribution is -0.156. The fourth-order valence-corrected chi connectivity index (χ4v) is 4.25. The summed E-state index contributed by atoms with van der Waals surface area (Å²) in [7, 11) is 3.08. The topological polar surface area (TPSA) is 80.3 Å². The fourth-order valence-electron chi connectivity index (χ4n) is 4.25. The zero-order valence-corrected chi connectivity index (χ0v) is 18.3. The summed E-state index contributed by atoms with van der Waals surface area (Å²) in [6.07, 6.45) is 4.56. The van der Waals surface area contributed by atoms with Crippen LogP contribution >= 0.6 is 0 Å². The summed E-state index contributed by atoms with van der Waals surface area (Å²) in [6.45, 7) is 0.629. The van der Waals surface area contributed by atoms with Crippen LogP contribution in [0.5, 0.6) is 17.2 Å². The number of rotatable bonds is 8. The summed E-state index contributed by atoms with van der Waals surface area (Å²) >= 11 is 0. The molecule has 2 aliphatic carbocycles. The van der Waals surface area contributed by atoms with Gasteiger partial charge in [-0.1, -0.05) is 18.6 Å². The Morgan fingerprint density at radius 1 is 1.03 bits per heavy atom. The van der Waals surface area contributed by atoms with Gasteiger partial charge in [-0.05, 0) is 42.5 Å². The van der Waals surface area contributed by atoms with E-state index < -0.39 is 5.60 Å². The van der Waals surface area contributed by atoms with E-state index in [0.717, 1.165) is 24.0 Å². The summed E-state index contributed by atoms with van der Waals surface area (Å²) in [6, 6.07) is 9.09. The van der Waals surface area contributed by atoms with Crippen LogP contribution in [-0.4, -0.2) is 38.4 Å². The van der Waals surface area contributed by atoms with Crippen molar-refractivity contribution in [2.75, 3.05) is 20.8 Å². The Morgan fingerprint density at radius 3 is 2.47 bits per heavy atom. The summed E-state index contributed by atoms with van der Waals surface area (Å²) < 4.78 is 28.4. The van der Waals surface area contributed by atoms with Gasteiger partial charge in [-0.3, -0.25) is 0 Å². The summed E-state index contributed by atoms with van der Waals surface area (Å²) in [4.78, 5) is 25.0. The molecule has 7 nitrogen and oxygen atoms in total. The zero-order valence-electron chi connectivity index (χ0n) is 18.3. The van der Waals surface area contributed by atoms with Crippen LogP contribution in [0.15, 0.2) is 30.3 Å². The largest absolute Gasteiger partial charge is 0.493 e. The van der Waals surface area contributed by atoms with Gasteiger partial charge >= 0.3 is 11.9 Å². The van der Waals surface area contributed by atoms with Crippen molar-refractivity contribution in [2.24, 2.45) is 5.92 Å². The predicted molar refractivity (Wildman–Crippen MR) is 115 cm³/mol. The minimum Gasteiger partial charge on any atom is -0.493 e. The minimum atomic E-state index is -1.03. The molecule has 168 valence electrons. The molecule has 0 saturated heterocycles. The molecule has 7 heteroatoms. The first-order valence-corrected chi connectivity index (χ1v) is 11.0. The van der Waals surface area contributed by atoms with Crippen molar-refractivity contribution in [1.29, 1.82) is 0 Å². The van der Waals surface area contributed by atoms with Crippen molar-refractivity contribution in [3.63, 3.8) is 0 Å². The van der Waals surface area contributed by atoms with E-state index in [2.05, 4.69) is 0 Å². The number of methoxy groups -OCH3 is 2. The Morgan fingerprint density at radius 2 is 1.81 bits per heavy atom. The van der Waals surface area contributed by atoms with Gasteiger partial charge in [0.25, 0.3) is 0 Å². The third kappa shape index (κ3) is 3.45. The van der Waals surface area contributed by atoms with Gasteiger partial charge in [-0.15, -0.1) is 0 Å². The van der Waals surface area contributed by atoms with Crippen LogP contribution in [0.4, 0.5) is 0 Å². The first kappa shape index (κ1) is 20.7. The number of esters is 2. The molecule has 0 bridgehead atoms. The number of hydrogen-bond acceptors (Lipinski definition) is 7. The predicted octanol–water partition coefficient (Wildman–Crippen LogP) is 4.30. The Kier molecular flexibility index (Phi) is 5.19. The number of ether oxygens (including phenoxy) is 5. The summed E-state index contributed by atoms with van der Waals surface area (Å²) in [5.74, 6) is 1.06. The molecular formula is C25H26O7. The molecule has 0 radical (unpaired) electrons. The van der Waals surface area contributed by atoms with E-state index in [1.54, 1.807) is 25.3 Å². The monoisotopic (exact) mass is 438 g/mol. The Hall–Kier alpha value is -3.22. The van der Waals surface area contributed by atoms with Crippen LogP contribution < -0.4 is 14.2 Å². The van der Waals surface area contributed by atoms with E-state index in [4.69, 9.17) is 23.7 Å². The van der Waals surface area contributed by atoms with Crippen LogP contribution in [0.1, 0.15) is 48.0 Å². The quantitative estimate of drug-likeness (QED) is 0.569. The fraction of sp³-hybridized carbons (Fsp3) is 0.440. The SMILES string of the molecule is COc1ccc(-c2cccc3c2COC3=O)c(OC2(C(=O)OCC3CCC3)CC2)c1OC. The molecule has 0 N–H and O–H groups in total. The van der Waals surface area contributed by atoms with E-state index in [9.17, 15) is 9.59 Å². The second kappa shape index (κ2) is 8.04. The summed E-state index contributed by atoms with van der Waals surface area (Å²) in [5, 5.41) is 0. The van der Waals surface area contributed by atoms with Gasteiger partial charge in [0.15, 0.2) is 11.5 Å². The number of carbonyl (C=O) groups is 2. The molecule has 5 rings (SSSR count). The zero-order chi connectivity index (χ0) is 22.3. The highest BCUT2D eigenvalue weighted by Crippen LogP contribution is 2.51. The highest BCUT2D eigenvalue weighted by Gasteiger charge is 2.55. The van der Waals surface area contributed by atoms with Crippen molar-refractivity contribution < 1.29 is 33.3 Å². The molecule has 0 atom stereocenters. The standard InChI is InChI=1S/C25H26O7/c1-28-20-10-9-17(16-7-4-8-18-19(16)14-30-23(18)26)21(22(20)29-2)32-25(11-12-25)24(27)31-13-15-5-3-6-15/h4,7-10,15H,3,5-6,11-14H2,1-2H3. The van der Waals surface area contributed by atoms with Gasteiger partial charge < -0.3 is 23.7 Å². The molecule has 0 unspecified atom stereocenters. The van der Waals surface area contributed by atoms with Crippen LogP contribution in [0.25, 0.3) is 11.1 Å². The average molecular weight is 438 g/mol. The number of cyclic esters (lactones) is 1. The molecule has 2 fully saturated rings. The average Bonchev–Trinajstić information content (AvgIpc) is 3.47. The molecule has 0 amide bonds. The molecule has 2 saturated carbocycles. The van der Waals surface area contributed by atoms with Crippen molar-refractivity contribution in [1.82, 2.24) is 0 Å². The smallest absolute Gasteiger partial charge is 0.350 e. The maximum absolute atomic E-state index is 12.9. The molecule has 2 aromatic carbocycles. The van der Waals surface area contributed by atoms with Gasteiger partial charge in [0.05, 0.1) is 26.4 Å². The normalized spacial score (nSPS) is 18.2. The molecular weight excluding hydrogens is 412 g/mol. The molecule has 1 heterocycles. The van der Waals surface area contributed by atoms with Gasteiger partial charge in [-0.2, -0.15) is 0 Å². The van der Waals surface area contributed by atoms with E-state index in [-0.39, 0.29) is 18.5 Å².